The molecule has 2 heterocycles. The minimum Gasteiger partial charge on any atom is -0.468 e. The van der Waals surface area contributed by atoms with Gasteiger partial charge in [0.2, 0.25) is 5.91 Å². The second-order valence-corrected chi connectivity index (χ2v) is 6.03. The summed E-state index contributed by atoms with van der Waals surface area (Å²) in [4.78, 5) is 37.7. The SMILES string of the molecule is COC(=O)[C@H]1C(=O)[C@H]2CC[C@H]1N2C(=O)C(C)(C)C. The Labute approximate surface area is 106 Å². The average molecular weight is 253 g/mol. The van der Waals surface area contributed by atoms with E-state index in [1.165, 1.54) is 7.11 Å². The molecule has 0 aromatic carbocycles. The molecule has 0 spiro atoms. The van der Waals surface area contributed by atoms with E-state index in [1.807, 2.05) is 20.8 Å². The summed E-state index contributed by atoms with van der Waals surface area (Å²) in [5, 5.41) is 0. The van der Waals surface area contributed by atoms with E-state index in [0.29, 0.717) is 12.8 Å². The lowest BCUT2D eigenvalue weighted by Gasteiger charge is -2.29. The predicted molar refractivity (Wildman–Crippen MR) is 63.6 cm³/mol. The van der Waals surface area contributed by atoms with Crippen LogP contribution in [0.3, 0.4) is 0 Å². The van der Waals surface area contributed by atoms with Crippen molar-refractivity contribution in [3.63, 3.8) is 0 Å². The molecule has 2 rings (SSSR count). The number of amides is 1. The number of rotatable bonds is 1. The van der Waals surface area contributed by atoms with Gasteiger partial charge in [0.25, 0.3) is 0 Å². The highest BCUT2D eigenvalue weighted by Gasteiger charge is 2.58. The molecule has 2 aliphatic heterocycles. The van der Waals surface area contributed by atoms with Crippen LogP contribution in [0.1, 0.15) is 33.6 Å². The highest BCUT2D eigenvalue weighted by molar-refractivity contribution is 6.07. The van der Waals surface area contributed by atoms with Crippen LogP contribution in [0.2, 0.25) is 0 Å². The highest BCUT2D eigenvalue weighted by atomic mass is 16.5. The molecule has 5 heteroatoms. The van der Waals surface area contributed by atoms with Crippen LogP contribution in [0.15, 0.2) is 0 Å². The Bertz CT molecular complexity index is 410. The van der Waals surface area contributed by atoms with E-state index in [4.69, 9.17) is 0 Å². The zero-order valence-electron chi connectivity index (χ0n) is 11.2. The van der Waals surface area contributed by atoms with Crippen LogP contribution >= 0.6 is 0 Å². The molecule has 2 fully saturated rings. The molecule has 18 heavy (non-hydrogen) atoms. The molecular weight excluding hydrogens is 234 g/mol. The number of carbonyl (C=O) groups excluding carboxylic acids is 3. The van der Waals surface area contributed by atoms with Crippen molar-refractivity contribution in [2.45, 2.75) is 45.7 Å². The number of ketones is 1. The monoisotopic (exact) mass is 253 g/mol. The van der Waals surface area contributed by atoms with E-state index < -0.39 is 23.3 Å². The number of methoxy groups -OCH3 is 1. The number of nitrogens with zero attached hydrogens (tertiary/aromatic N) is 1. The third kappa shape index (κ3) is 1.72. The van der Waals surface area contributed by atoms with Crippen LogP contribution < -0.4 is 0 Å². The van der Waals surface area contributed by atoms with Gasteiger partial charge in [0.05, 0.1) is 19.2 Å². The van der Waals surface area contributed by atoms with Crippen molar-refractivity contribution in [2.75, 3.05) is 7.11 Å². The van der Waals surface area contributed by atoms with Gasteiger partial charge < -0.3 is 9.64 Å². The number of esters is 1. The van der Waals surface area contributed by atoms with Gasteiger partial charge in [-0.3, -0.25) is 14.4 Å². The van der Waals surface area contributed by atoms with E-state index in [1.54, 1.807) is 4.90 Å². The second kappa shape index (κ2) is 4.07. The summed E-state index contributed by atoms with van der Waals surface area (Å²) >= 11 is 0. The number of hydrogen-bond acceptors (Lipinski definition) is 4. The summed E-state index contributed by atoms with van der Waals surface area (Å²) < 4.78 is 4.67. The van der Waals surface area contributed by atoms with E-state index >= 15 is 0 Å². The molecule has 0 aliphatic carbocycles. The number of ether oxygens (including phenoxy) is 1. The normalized spacial score (nSPS) is 30.8. The Morgan fingerprint density at radius 2 is 1.89 bits per heavy atom. The van der Waals surface area contributed by atoms with Crippen molar-refractivity contribution in [1.29, 1.82) is 0 Å². The van der Waals surface area contributed by atoms with Crippen LogP contribution in [0.4, 0.5) is 0 Å². The van der Waals surface area contributed by atoms with Crippen LogP contribution in [0.5, 0.6) is 0 Å². The highest BCUT2D eigenvalue weighted by Crippen LogP contribution is 2.41. The topological polar surface area (TPSA) is 63.7 Å². The summed E-state index contributed by atoms with van der Waals surface area (Å²) in [6, 6.07) is -0.729. The van der Waals surface area contributed by atoms with E-state index in [-0.39, 0.29) is 17.7 Å². The first-order valence-electron chi connectivity index (χ1n) is 6.23. The molecular formula is C13H19NO4. The van der Waals surface area contributed by atoms with Crippen LogP contribution in [-0.2, 0) is 19.1 Å². The van der Waals surface area contributed by atoms with Crippen LogP contribution in [0, 0.1) is 11.3 Å². The fourth-order valence-electron chi connectivity index (χ4n) is 2.92. The molecule has 2 saturated heterocycles. The molecule has 0 saturated carbocycles. The summed E-state index contributed by atoms with van der Waals surface area (Å²) in [6.07, 6.45) is 1.37. The molecule has 5 nitrogen and oxygen atoms in total. The summed E-state index contributed by atoms with van der Waals surface area (Å²) in [5.74, 6) is -1.51. The molecule has 2 bridgehead atoms. The number of fused-ring (bicyclic) bond motifs is 2. The Morgan fingerprint density at radius 1 is 1.28 bits per heavy atom. The Balaban J connectivity index is 2.29. The first-order chi connectivity index (χ1) is 8.29. The lowest BCUT2D eigenvalue weighted by molar-refractivity contribution is -0.149. The van der Waals surface area contributed by atoms with Crippen LogP contribution in [0.25, 0.3) is 0 Å². The second-order valence-electron chi connectivity index (χ2n) is 6.03. The Morgan fingerprint density at radius 3 is 2.39 bits per heavy atom. The van der Waals surface area contributed by atoms with Gasteiger partial charge in [-0.1, -0.05) is 20.8 Å². The zero-order valence-corrected chi connectivity index (χ0v) is 11.2. The van der Waals surface area contributed by atoms with Crippen molar-refractivity contribution in [1.82, 2.24) is 4.90 Å². The van der Waals surface area contributed by atoms with Gasteiger partial charge in [0, 0.05) is 5.41 Å². The molecule has 0 aromatic rings. The molecule has 1 amide bonds. The van der Waals surface area contributed by atoms with Gasteiger partial charge in [-0.15, -0.1) is 0 Å². The van der Waals surface area contributed by atoms with Crippen LogP contribution in [-0.4, -0.2) is 41.8 Å². The summed E-state index contributed by atoms with van der Waals surface area (Å²) in [7, 11) is 1.28. The maximum absolute atomic E-state index is 12.4. The van der Waals surface area contributed by atoms with Crippen molar-refractivity contribution >= 4 is 17.7 Å². The molecule has 2 aliphatic rings. The molecule has 0 aromatic heterocycles. The van der Waals surface area contributed by atoms with E-state index in [2.05, 4.69) is 4.74 Å². The third-order valence-electron chi connectivity index (χ3n) is 3.78. The molecule has 3 atom stereocenters. The third-order valence-corrected chi connectivity index (χ3v) is 3.78. The van der Waals surface area contributed by atoms with Gasteiger partial charge >= 0.3 is 5.97 Å². The first kappa shape index (κ1) is 13.1. The van der Waals surface area contributed by atoms with Crippen molar-refractivity contribution in [3.05, 3.63) is 0 Å². The molecule has 0 radical (unpaired) electrons. The molecule has 0 unspecified atom stereocenters. The van der Waals surface area contributed by atoms with Gasteiger partial charge in [-0.25, -0.2) is 0 Å². The van der Waals surface area contributed by atoms with Gasteiger partial charge in [0.1, 0.15) is 5.92 Å². The fourth-order valence-corrected chi connectivity index (χ4v) is 2.92. The molecule has 100 valence electrons. The smallest absolute Gasteiger partial charge is 0.318 e. The van der Waals surface area contributed by atoms with E-state index in [0.717, 1.165) is 0 Å². The maximum atomic E-state index is 12.4. The average Bonchev–Trinajstić information content (AvgIpc) is 2.81. The zero-order chi connectivity index (χ0) is 13.7. The summed E-state index contributed by atoms with van der Waals surface area (Å²) in [5.41, 5.74) is -0.536. The lowest BCUT2D eigenvalue weighted by atomic mass is 9.88. The van der Waals surface area contributed by atoms with Crippen molar-refractivity contribution in [3.8, 4) is 0 Å². The van der Waals surface area contributed by atoms with Gasteiger partial charge in [-0.2, -0.15) is 0 Å². The van der Waals surface area contributed by atoms with Crippen molar-refractivity contribution < 1.29 is 19.1 Å². The fraction of sp³-hybridized carbons (Fsp3) is 0.769. The predicted octanol–water partition coefficient (Wildman–Crippen LogP) is 0.764. The first-order valence-corrected chi connectivity index (χ1v) is 6.23. The van der Waals surface area contributed by atoms with E-state index in [9.17, 15) is 14.4 Å². The molecule has 0 N–H and O–H groups in total. The standard InChI is InChI=1S/C13H19NO4/c1-13(2,3)12(17)14-7-5-6-8(14)10(15)9(7)11(16)18-4/h7-9H,5-6H2,1-4H3/t7-,8-,9-/m1/s1. The minimum absolute atomic E-state index is 0.0604. The number of carbonyl (C=O) groups is 3. The Kier molecular flexibility index (Phi) is 2.95. The lowest BCUT2D eigenvalue weighted by Crippen LogP contribution is -2.44. The van der Waals surface area contributed by atoms with Crippen molar-refractivity contribution in [2.24, 2.45) is 11.3 Å². The number of hydrogen-bond donors (Lipinski definition) is 0. The Hall–Kier alpha value is -1.39. The van der Waals surface area contributed by atoms with Gasteiger partial charge in [-0.05, 0) is 12.8 Å². The minimum atomic E-state index is -0.778. The summed E-state index contributed by atoms with van der Waals surface area (Å²) in [6.45, 7) is 5.47. The quantitative estimate of drug-likeness (QED) is 0.511. The van der Waals surface area contributed by atoms with Gasteiger partial charge in [0.15, 0.2) is 5.78 Å². The largest absolute Gasteiger partial charge is 0.468 e. The number of Topliss-reactive ketones (excluding diaryl/α,β-unsaturated/α-hetero) is 1. The maximum Gasteiger partial charge on any atom is 0.318 e.